The maximum absolute atomic E-state index is 14.0. The monoisotopic (exact) mass is 601 g/mol. The van der Waals surface area contributed by atoms with E-state index in [4.69, 9.17) is 9.72 Å². The maximum atomic E-state index is 14.0. The van der Waals surface area contributed by atoms with Crippen LogP contribution in [-0.4, -0.2) is 52.6 Å². The zero-order chi connectivity index (χ0) is 30.7. The van der Waals surface area contributed by atoms with Gasteiger partial charge in [-0.05, 0) is 94.6 Å². The van der Waals surface area contributed by atoms with E-state index < -0.39 is 29.5 Å². The van der Waals surface area contributed by atoms with Gasteiger partial charge in [0, 0.05) is 12.6 Å². The summed E-state index contributed by atoms with van der Waals surface area (Å²) in [6.45, 7) is 6.11. The topological polar surface area (TPSA) is 88.5 Å². The molecule has 2 aromatic carbocycles. The minimum Gasteiger partial charge on any atom is -0.494 e. The van der Waals surface area contributed by atoms with Gasteiger partial charge in [0.05, 0.1) is 35.9 Å². The summed E-state index contributed by atoms with van der Waals surface area (Å²) in [6, 6.07) is 8.72. The summed E-state index contributed by atoms with van der Waals surface area (Å²) in [6.07, 6.45) is -2.69. The number of halogens is 4. The van der Waals surface area contributed by atoms with Crippen LogP contribution in [0, 0.1) is 5.82 Å². The van der Waals surface area contributed by atoms with Crippen molar-refractivity contribution in [3.63, 3.8) is 0 Å². The first kappa shape index (κ1) is 30.5. The van der Waals surface area contributed by atoms with Gasteiger partial charge in [0.1, 0.15) is 23.2 Å². The lowest BCUT2D eigenvalue weighted by Crippen LogP contribution is -2.49. The Bertz CT molecular complexity index is 1520. The molecular formula is C31H35F4N5O3. The fraction of sp³-hybridized carbons (Fsp3) is 0.452. The number of hydrogen-bond acceptors (Lipinski definition) is 6. The van der Waals surface area contributed by atoms with Crippen LogP contribution in [0.4, 0.5) is 23.4 Å². The van der Waals surface area contributed by atoms with Crippen molar-refractivity contribution < 1.29 is 27.1 Å². The van der Waals surface area contributed by atoms with E-state index in [2.05, 4.69) is 10.6 Å². The van der Waals surface area contributed by atoms with Crippen molar-refractivity contribution in [2.45, 2.75) is 64.2 Å². The van der Waals surface area contributed by atoms with Crippen LogP contribution in [-0.2, 0) is 23.8 Å². The predicted molar refractivity (Wildman–Crippen MR) is 154 cm³/mol. The molecule has 230 valence electrons. The number of anilines is 1. The van der Waals surface area contributed by atoms with Crippen LogP contribution in [0.3, 0.4) is 0 Å². The molecule has 0 aliphatic carbocycles. The number of carbonyl (C=O) groups is 1. The van der Waals surface area contributed by atoms with Gasteiger partial charge in [0.15, 0.2) is 0 Å². The first-order valence-corrected chi connectivity index (χ1v) is 14.6. The third-order valence-electron chi connectivity index (χ3n) is 7.98. The molecule has 1 aromatic heterocycles. The number of nitrogens with one attached hydrogen (secondary N) is 2. The second-order valence-corrected chi connectivity index (χ2v) is 10.8. The lowest BCUT2D eigenvalue weighted by Gasteiger charge is -2.39. The molecule has 1 fully saturated rings. The number of benzene rings is 2. The molecule has 0 saturated carbocycles. The lowest BCUT2D eigenvalue weighted by atomic mass is 9.99. The second-order valence-electron chi connectivity index (χ2n) is 10.8. The van der Waals surface area contributed by atoms with Crippen molar-refractivity contribution in [1.82, 2.24) is 19.8 Å². The standard InChI is InChI=1S/C31H35F4N5O3/c1-3-43-23-9-7-21(8-10-23)40-29(38-28-24(30(40)42)5-4-14-37-28)19(2)39(22-12-15-36-16-13-22)27(41)18-20-6-11-26(32)25(17-20)31(33,34)35/h6-11,17,19,22,36-37H,3-5,12-16,18H2,1-2H3/t19-/m1/s1. The van der Waals surface area contributed by atoms with Gasteiger partial charge in [0.25, 0.3) is 5.56 Å². The number of ether oxygens (including phenoxy) is 1. The molecule has 8 nitrogen and oxygen atoms in total. The normalized spacial score (nSPS) is 16.2. The SMILES string of the molecule is CCOc1ccc(-n2c([C@@H](C)N(C(=O)Cc3ccc(F)c(C(F)(F)F)c3)C3CCNCC3)nc3c(c2=O)CCCN3)cc1. The molecule has 0 spiro atoms. The highest BCUT2D eigenvalue weighted by Crippen LogP contribution is 2.33. The predicted octanol–water partition coefficient (Wildman–Crippen LogP) is 5.03. The van der Waals surface area contributed by atoms with Crippen molar-refractivity contribution in [3.8, 4) is 11.4 Å². The number of fused-ring (bicyclic) bond motifs is 1. The van der Waals surface area contributed by atoms with Gasteiger partial charge in [-0.2, -0.15) is 13.2 Å². The van der Waals surface area contributed by atoms with Gasteiger partial charge < -0.3 is 20.3 Å². The number of rotatable bonds is 8. The van der Waals surface area contributed by atoms with Crippen molar-refractivity contribution >= 4 is 11.7 Å². The van der Waals surface area contributed by atoms with E-state index in [9.17, 15) is 27.2 Å². The largest absolute Gasteiger partial charge is 0.494 e. The smallest absolute Gasteiger partial charge is 0.419 e. The quantitative estimate of drug-likeness (QED) is 0.352. The zero-order valence-corrected chi connectivity index (χ0v) is 24.1. The van der Waals surface area contributed by atoms with Crippen LogP contribution in [0.25, 0.3) is 5.69 Å². The van der Waals surface area contributed by atoms with Crippen molar-refractivity contribution in [1.29, 1.82) is 0 Å². The van der Waals surface area contributed by atoms with Gasteiger partial charge in [-0.1, -0.05) is 6.07 Å². The van der Waals surface area contributed by atoms with Crippen molar-refractivity contribution in [2.24, 2.45) is 0 Å². The van der Waals surface area contributed by atoms with Crippen LogP contribution in [0.5, 0.6) is 5.75 Å². The number of nitrogens with zero attached hydrogens (tertiary/aromatic N) is 3. The Balaban J connectivity index is 1.58. The first-order chi connectivity index (χ1) is 20.6. The Hall–Kier alpha value is -3.93. The Morgan fingerprint density at radius 2 is 1.86 bits per heavy atom. The molecule has 0 unspecified atom stereocenters. The Labute approximate surface area is 247 Å². The van der Waals surface area contributed by atoms with Crippen LogP contribution >= 0.6 is 0 Å². The summed E-state index contributed by atoms with van der Waals surface area (Å²) in [7, 11) is 0. The highest BCUT2D eigenvalue weighted by atomic mass is 19.4. The Morgan fingerprint density at radius 3 is 2.53 bits per heavy atom. The van der Waals surface area contributed by atoms with E-state index >= 15 is 0 Å². The van der Waals surface area contributed by atoms with E-state index in [1.807, 2.05) is 6.92 Å². The second kappa shape index (κ2) is 12.7. The highest BCUT2D eigenvalue weighted by Gasteiger charge is 2.36. The number of hydrogen-bond donors (Lipinski definition) is 2. The van der Waals surface area contributed by atoms with Crippen LogP contribution in [0.1, 0.15) is 61.7 Å². The highest BCUT2D eigenvalue weighted by molar-refractivity contribution is 5.79. The zero-order valence-electron chi connectivity index (χ0n) is 24.1. The van der Waals surface area contributed by atoms with E-state index in [0.717, 1.165) is 12.5 Å². The molecule has 2 N–H and O–H groups in total. The molecule has 0 radical (unpaired) electrons. The fourth-order valence-electron chi connectivity index (χ4n) is 5.91. The number of carbonyl (C=O) groups excluding carboxylic acids is 1. The minimum atomic E-state index is -4.89. The maximum Gasteiger partial charge on any atom is 0.419 e. The van der Waals surface area contributed by atoms with E-state index in [0.29, 0.717) is 80.2 Å². The molecule has 1 amide bonds. The van der Waals surface area contributed by atoms with Crippen LogP contribution in [0.15, 0.2) is 47.3 Å². The van der Waals surface area contributed by atoms with E-state index in [1.165, 1.54) is 10.6 Å². The number of alkyl halides is 3. The van der Waals surface area contributed by atoms with Crippen LogP contribution in [0.2, 0.25) is 0 Å². The summed E-state index contributed by atoms with van der Waals surface area (Å²) < 4.78 is 61.3. The minimum absolute atomic E-state index is 0.0498. The molecule has 2 aliphatic heterocycles. The molecule has 12 heteroatoms. The molecule has 3 aromatic rings. The molecule has 43 heavy (non-hydrogen) atoms. The Kier molecular flexibility index (Phi) is 9.05. The molecule has 1 saturated heterocycles. The average Bonchev–Trinajstić information content (AvgIpc) is 2.99. The summed E-state index contributed by atoms with van der Waals surface area (Å²) in [4.78, 5) is 34.5. The van der Waals surface area contributed by atoms with Crippen molar-refractivity contribution in [2.75, 3.05) is 31.6 Å². The lowest BCUT2D eigenvalue weighted by molar-refractivity contribution is -0.140. The fourth-order valence-corrected chi connectivity index (χ4v) is 5.91. The van der Waals surface area contributed by atoms with Gasteiger partial charge >= 0.3 is 6.18 Å². The van der Waals surface area contributed by atoms with Gasteiger partial charge in [0.2, 0.25) is 5.91 Å². The third-order valence-corrected chi connectivity index (χ3v) is 7.98. The average molecular weight is 602 g/mol. The third kappa shape index (κ3) is 6.53. The van der Waals surface area contributed by atoms with Gasteiger partial charge in [-0.25, -0.2) is 9.37 Å². The van der Waals surface area contributed by atoms with Gasteiger partial charge in [-0.15, -0.1) is 0 Å². The molecule has 3 heterocycles. The summed E-state index contributed by atoms with van der Waals surface area (Å²) in [5.74, 6) is -0.365. The van der Waals surface area contributed by atoms with E-state index in [1.54, 1.807) is 36.1 Å². The first-order valence-electron chi connectivity index (χ1n) is 14.6. The summed E-state index contributed by atoms with van der Waals surface area (Å²) in [5.41, 5.74) is -0.488. The number of piperidine rings is 1. The molecule has 2 aliphatic rings. The molecule has 5 rings (SSSR count). The molecule has 0 bridgehead atoms. The number of amides is 1. The summed E-state index contributed by atoms with van der Waals surface area (Å²) >= 11 is 0. The van der Waals surface area contributed by atoms with Crippen LogP contribution < -0.4 is 20.9 Å². The molecular weight excluding hydrogens is 566 g/mol. The summed E-state index contributed by atoms with van der Waals surface area (Å²) in [5, 5.41) is 6.49. The Morgan fingerprint density at radius 1 is 1.14 bits per heavy atom. The number of aromatic nitrogens is 2. The molecule has 1 atom stereocenters. The van der Waals surface area contributed by atoms with Gasteiger partial charge in [-0.3, -0.25) is 14.2 Å². The van der Waals surface area contributed by atoms with E-state index in [-0.39, 0.29) is 23.6 Å². The van der Waals surface area contributed by atoms with Crippen molar-refractivity contribution in [3.05, 3.63) is 81.2 Å².